The molecule has 0 unspecified atom stereocenters. The second-order valence-corrected chi connectivity index (χ2v) is 11.9. The van der Waals surface area contributed by atoms with Crippen molar-refractivity contribution in [3.63, 3.8) is 0 Å². The quantitative estimate of drug-likeness (QED) is 0.222. The van der Waals surface area contributed by atoms with E-state index in [0.29, 0.717) is 18.5 Å². The number of pyridine rings is 1. The summed E-state index contributed by atoms with van der Waals surface area (Å²) in [7, 11) is 0. The van der Waals surface area contributed by atoms with E-state index in [9.17, 15) is 22.7 Å². The molecule has 234 valence electrons. The Morgan fingerprint density at radius 2 is 1.84 bits per heavy atom. The lowest BCUT2D eigenvalue weighted by Crippen LogP contribution is -2.51. The van der Waals surface area contributed by atoms with Crippen LogP contribution in [0.4, 0.5) is 27.8 Å². The maximum Gasteiger partial charge on any atom is 0.397 e. The number of fused-ring (bicyclic) bond motifs is 4. The average Bonchev–Trinajstić information content (AvgIpc) is 3.36. The van der Waals surface area contributed by atoms with Gasteiger partial charge in [0.1, 0.15) is 40.6 Å². The van der Waals surface area contributed by atoms with Crippen molar-refractivity contribution in [1.29, 1.82) is 0 Å². The first-order chi connectivity index (χ1) is 21.6. The number of halogens is 5. The zero-order chi connectivity index (χ0) is 31.5. The smallest absolute Gasteiger partial charge is 0.397 e. The summed E-state index contributed by atoms with van der Waals surface area (Å²) in [6.07, 6.45) is 3.72. The van der Waals surface area contributed by atoms with Crippen LogP contribution in [0.3, 0.4) is 0 Å². The summed E-state index contributed by atoms with van der Waals surface area (Å²) < 4.78 is 85.0. The number of nitrogens with zero attached hydrogens (tertiary/aromatic N) is 4. The van der Waals surface area contributed by atoms with E-state index in [1.807, 2.05) is 4.90 Å². The van der Waals surface area contributed by atoms with E-state index < -0.39 is 35.8 Å². The van der Waals surface area contributed by atoms with E-state index in [1.54, 1.807) is 0 Å². The fraction of sp³-hybridized carbons (Fsp3) is 0.406. The first kappa shape index (κ1) is 29.4. The van der Waals surface area contributed by atoms with Gasteiger partial charge in [0, 0.05) is 55.5 Å². The number of phenols is 1. The molecule has 45 heavy (non-hydrogen) atoms. The van der Waals surface area contributed by atoms with Gasteiger partial charge in [-0.2, -0.15) is 23.1 Å². The van der Waals surface area contributed by atoms with Crippen molar-refractivity contribution in [3.05, 3.63) is 47.7 Å². The molecule has 0 aliphatic carbocycles. The summed E-state index contributed by atoms with van der Waals surface area (Å²) in [6, 6.07) is 5.09. The molecule has 3 fully saturated rings. The van der Waals surface area contributed by atoms with Crippen LogP contribution in [0.1, 0.15) is 31.2 Å². The second-order valence-electron chi connectivity index (χ2n) is 11.9. The van der Waals surface area contributed by atoms with Gasteiger partial charge in [-0.05, 0) is 49.3 Å². The third kappa shape index (κ3) is 5.06. The van der Waals surface area contributed by atoms with Gasteiger partial charge >= 0.3 is 12.2 Å². The Labute approximate surface area is 254 Å². The Balaban J connectivity index is 1.39. The number of benzene rings is 2. The zero-order valence-corrected chi connectivity index (χ0v) is 23.9. The highest BCUT2D eigenvalue weighted by Crippen LogP contribution is 2.46. The topological polar surface area (TPSA) is 92.6 Å². The molecule has 0 amide bonds. The summed E-state index contributed by atoms with van der Waals surface area (Å²) in [5, 5.41) is 14.7. The van der Waals surface area contributed by atoms with Crippen LogP contribution in [0.5, 0.6) is 11.8 Å². The van der Waals surface area contributed by atoms with Crippen LogP contribution in [-0.2, 0) is 4.74 Å². The first-order valence-electron chi connectivity index (χ1n) is 14.6. The number of piperazine rings is 1. The molecule has 8 nitrogen and oxygen atoms in total. The number of hydrogen-bond donors (Lipinski definition) is 2. The van der Waals surface area contributed by atoms with Crippen LogP contribution in [-0.4, -0.2) is 71.2 Å². The SMILES string of the molecule is C#Cc1c(F)ccc2cc(O)cc(-c3ncc4c(N5C[C@H]6CC[C@@H](C5)N6)nc(OCC5(C(F)(F)F)CCOCC5)nc4c3F)c12. The number of rotatable bonds is 5. The Morgan fingerprint density at radius 1 is 1.11 bits per heavy atom. The Hall–Kier alpha value is -4.28. The highest BCUT2D eigenvalue weighted by Gasteiger charge is 2.56. The number of terminal acetylenes is 1. The molecule has 7 rings (SSSR count). The zero-order valence-electron chi connectivity index (χ0n) is 23.9. The molecule has 0 radical (unpaired) electrons. The van der Waals surface area contributed by atoms with Crippen LogP contribution in [0.25, 0.3) is 32.9 Å². The van der Waals surface area contributed by atoms with Crippen molar-refractivity contribution in [2.24, 2.45) is 5.41 Å². The number of ether oxygens (including phenoxy) is 2. The minimum absolute atomic E-state index is 0.0259. The molecule has 2 aromatic heterocycles. The normalized spacial score (nSPS) is 21.3. The van der Waals surface area contributed by atoms with Crippen molar-refractivity contribution in [2.45, 2.75) is 43.9 Å². The fourth-order valence-corrected chi connectivity index (χ4v) is 6.71. The highest BCUT2D eigenvalue weighted by atomic mass is 19.4. The van der Waals surface area contributed by atoms with Gasteiger partial charge in [-0.1, -0.05) is 12.0 Å². The molecule has 3 aliphatic rings. The molecule has 2 bridgehead atoms. The lowest BCUT2D eigenvalue weighted by molar-refractivity contribution is -0.254. The van der Waals surface area contributed by atoms with Crippen molar-refractivity contribution in [2.75, 3.05) is 37.8 Å². The predicted octanol–water partition coefficient (Wildman–Crippen LogP) is 5.49. The van der Waals surface area contributed by atoms with Crippen LogP contribution in [0.2, 0.25) is 0 Å². The van der Waals surface area contributed by atoms with Crippen LogP contribution < -0.4 is 15.0 Å². The molecule has 5 heterocycles. The Bertz CT molecular complexity index is 1840. The number of alkyl halides is 3. The summed E-state index contributed by atoms with van der Waals surface area (Å²) >= 11 is 0. The minimum Gasteiger partial charge on any atom is -0.508 e. The maximum atomic E-state index is 16.6. The molecule has 0 saturated carbocycles. The molecule has 2 N–H and O–H groups in total. The molecule has 4 aromatic rings. The average molecular weight is 626 g/mol. The van der Waals surface area contributed by atoms with Crippen molar-refractivity contribution >= 4 is 27.5 Å². The van der Waals surface area contributed by atoms with Crippen LogP contribution in [0, 0.1) is 29.4 Å². The number of nitrogens with one attached hydrogen (secondary N) is 1. The molecule has 3 saturated heterocycles. The fourth-order valence-electron chi connectivity index (χ4n) is 6.71. The number of anilines is 1. The van der Waals surface area contributed by atoms with Gasteiger partial charge in [0.25, 0.3) is 0 Å². The molecule has 13 heteroatoms. The number of phenolic OH excluding ortho intramolecular Hbond substituents is 1. The van der Waals surface area contributed by atoms with Gasteiger partial charge in [0.15, 0.2) is 5.82 Å². The first-order valence-corrected chi connectivity index (χ1v) is 14.6. The van der Waals surface area contributed by atoms with E-state index in [1.165, 1.54) is 24.4 Å². The number of aromatic hydroxyl groups is 1. The molecule has 3 aliphatic heterocycles. The van der Waals surface area contributed by atoms with E-state index in [-0.39, 0.29) is 82.8 Å². The Morgan fingerprint density at radius 3 is 2.53 bits per heavy atom. The minimum atomic E-state index is -4.57. The standard InChI is InChI=1S/C32H28F5N5O3/c1-2-21-24(33)6-3-17-11-20(43)12-22(25(17)21)27-26(34)28-23(13-38-27)29(42-14-18-4-5-19(15-42)39-18)41-30(40-28)45-16-31(32(35,36)37)7-9-44-10-8-31/h1,3,6,11-13,18-19,39,43H,4-5,7-10,14-16H2/t18-,19+. The third-order valence-electron chi connectivity index (χ3n) is 9.14. The van der Waals surface area contributed by atoms with E-state index in [0.717, 1.165) is 18.9 Å². The summed E-state index contributed by atoms with van der Waals surface area (Å²) in [5.74, 6) is 0.696. The summed E-state index contributed by atoms with van der Waals surface area (Å²) in [4.78, 5) is 15.1. The van der Waals surface area contributed by atoms with Gasteiger partial charge in [-0.25, -0.2) is 8.78 Å². The largest absolute Gasteiger partial charge is 0.508 e. The van der Waals surface area contributed by atoms with Crippen LogP contribution in [0.15, 0.2) is 30.5 Å². The number of aromatic nitrogens is 3. The predicted molar refractivity (Wildman–Crippen MR) is 156 cm³/mol. The van der Waals surface area contributed by atoms with Gasteiger partial charge in [0.2, 0.25) is 0 Å². The van der Waals surface area contributed by atoms with Crippen LogP contribution >= 0.6 is 0 Å². The Kier molecular flexibility index (Phi) is 7.17. The lowest BCUT2D eigenvalue weighted by Gasteiger charge is -2.38. The summed E-state index contributed by atoms with van der Waals surface area (Å²) in [5.41, 5.74) is -2.80. The van der Waals surface area contributed by atoms with Gasteiger partial charge in [-0.15, -0.1) is 6.42 Å². The second kappa shape index (κ2) is 11.0. The molecular weight excluding hydrogens is 597 g/mol. The molecular formula is C32H28F5N5O3. The van der Waals surface area contributed by atoms with E-state index in [4.69, 9.17) is 15.9 Å². The third-order valence-corrected chi connectivity index (χ3v) is 9.14. The van der Waals surface area contributed by atoms with Crippen molar-refractivity contribution in [1.82, 2.24) is 20.3 Å². The van der Waals surface area contributed by atoms with E-state index in [2.05, 4.69) is 26.2 Å². The highest BCUT2D eigenvalue weighted by molar-refractivity contribution is 6.03. The van der Waals surface area contributed by atoms with Crippen molar-refractivity contribution < 1.29 is 36.5 Å². The monoisotopic (exact) mass is 625 g/mol. The maximum absolute atomic E-state index is 16.6. The molecule has 2 aromatic carbocycles. The molecule has 2 atom stereocenters. The summed E-state index contributed by atoms with van der Waals surface area (Å²) in [6.45, 7) is 0.170. The number of hydrogen-bond acceptors (Lipinski definition) is 8. The van der Waals surface area contributed by atoms with Crippen molar-refractivity contribution in [3.8, 4) is 35.4 Å². The van der Waals surface area contributed by atoms with Gasteiger partial charge in [0.05, 0.1) is 10.9 Å². The van der Waals surface area contributed by atoms with Gasteiger partial charge in [-0.3, -0.25) is 4.98 Å². The molecule has 0 spiro atoms. The lowest BCUT2D eigenvalue weighted by atomic mass is 9.80. The van der Waals surface area contributed by atoms with Gasteiger partial charge < -0.3 is 24.8 Å². The van der Waals surface area contributed by atoms with E-state index >= 15 is 4.39 Å².